The van der Waals surface area contributed by atoms with Gasteiger partial charge in [-0.2, -0.15) is 0 Å². The molecule has 0 saturated carbocycles. The van der Waals surface area contributed by atoms with Crippen LogP contribution in [0, 0.1) is 6.92 Å². The summed E-state index contributed by atoms with van der Waals surface area (Å²) in [5.74, 6) is 1.43. The third kappa shape index (κ3) is 3.49. The molecule has 0 amide bonds. The van der Waals surface area contributed by atoms with Crippen LogP contribution in [-0.4, -0.2) is 0 Å². The van der Waals surface area contributed by atoms with Crippen molar-refractivity contribution in [3.63, 3.8) is 0 Å². The Morgan fingerprint density at radius 1 is 1.16 bits per heavy atom. The first-order valence-corrected chi connectivity index (χ1v) is 6.77. The van der Waals surface area contributed by atoms with Crippen molar-refractivity contribution in [1.29, 1.82) is 0 Å². The van der Waals surface area contributed by atoms with Crippen molar-refractivity contribution in [2.45, 2.75) is 26.3 Å². The number of hydrogen-bond acceptors (Lipinski definition) is 2. The number of aryl methyl sites for hydroxylation is 1. The van der Waals surface area contributed by atoms with Crippen molar-refractivity contribution in [1.82, 2.24) is 0 Å². The summed E-state index contributed by atoms with van der Waals surface area (Å²) < 4.78 is 5.76. The van der Waals surface area contributed by atoms with Gasteiger partial charge < -0.3 is 10.5 Å². The molecule has 0 bridgehead atoms. The Labute approximate surface area is 119 Å². The van der Waals surface area contributed by atoms with Gasteiger partial charge in [0.25, 0.3) is 0 Å². The van der Waals surface area contributed by atoms with E-state index in [0.717, 1.165) is 23.3 Å². The summed E-state index contributed by atoms with van der Waals surface area (Å²) in [5, 5.41) is 0.620. The number of nitrogens with two attached hydrogens (primary N) is 1. The third-order valence-corrected chi connectivity index (χ3v) is 3.36. The van der Waals surface area contributed by atoms with Crippen LogP contribution in [0.3, 0.4) is 0 Å². The largest absolute Gasteiger partial charge is 0.456 e. The molecule has 19 heavy (non-hydrogen) atoms. The summed E-state index contributed by atoms with van der Waals surface area (Å²) in [7, 11) is 0. The van der Waals surface area contributed by atoms with Gasteiger partial charge in [-0.3, -0.25) is 0 Å². The van der Waals surface area contributed by atoms with Crippen molar-refractivity contribution < 1.29 is 4.74 Å². The molecule has 0 aliphatic carbocycles. The SMILES string of the molecule is CC[C@@H](N)c1ccc(Oc2ccc(C)cc2Cl)cc1. The van der Waals surface area contributed by atoms with Gasteiger partial charge in [0.1, 0.15) is 11.5 Å². The predicted octanol–water partition coefficient (Wildman–Crippen LogP) is 4.85. The second-order valence-corrected chi connectivity index (χ2v) is 5.03. The molecule has 0 aromatic heterocycles. The van der Waals surface area contributed by atoms with Crippen LogP contribution in [0.2, 0.25) is 5.02 Å². The van der Waals surface area contributed by atoms with Gasteiger partial charge in [-0.1, -0.05) is 36.7 Å². The second-order valence-electron chi connectivity index (χ2n) is 4.62. The highest BCUT2D eigenvalue weighted by Crippen LogP contribution is 2.30. The van der Waals surface area contributed by atoms with Crippen LogP contribution in [0.5, 0.6) is 11.5 Å². The van der Waals surface area contributed by atoms with Crippen LogP contribution >= 0.6 is 11.6 Å². The Bertz CT molecular complexity index is 551. The molecule has 0 heterocycles. The molecule has 0 radical (unpaired) electrons. The van der Waals surface area contributed by atoms with Gasteiger partial charge in [0.2, 0.25) is 0 Å². The van der Waals surface area contributed by atoms with E-state index in [2.05, 4.69) is 6.92 Å². The Balaban J connectivity index is 2.15. The first kappa shape index (κ1) is 13.9. The van der Waals surface area contributed by atoms with Crippen molar-refractivity contribution >= 4 is 11.6 Å². The molecule has 100 valence electrons. The van der Waals surface area contributed by atoms with E-state index < -0.39 is 0 Å². The Morgan fingerprint density at radius 2 is 1.84 bits per heavy atom. The third-order valence-electron chi connectivity index (χ3n) is 3.06. The Kier molecular flexibility index (Phi) is 4.46. The maximum absolute atomic E-state index is 6.14. The Hall–Kier alpha value is -1.51. The quantitative estimate of drug-likeness (QED) is 0.866. The number of benzene rings is 2. The van der Waals surface area contributed by atoms with E-state index in [0.29, 0.717) is 10.8 Å². The fourth-order valence-corrected chi connectivity index (χ4v) is 2.11. The van der Waals surface area contributed by atoms with Crippen molar-refractivity contribution in [3.8, 4) is 11.5 Å². The summed E-state index contributed by atoms with van der Waals surface area (Å²) in [6, 6.07) is 13.6. The molecule has 0 aliphatic rings. The average molecular weight is 276 g/mol. The lowest BCUT2D eigenvalue weighted by Gasteiger charge is -2.11. The van der Waals surface area contributed by atoms with E-state index in [1.165, 1.54) is 0 Å². The normalized spacial score (nSPS) is 12.2. The highest BCUT2D eigenvalue weighted by Gasteiger charge is 2.05. The molecule has 2 N–H and O–H groups in total. The first-order chi connectivity index (χ1) is 9.10. The predicted molar refractivity (Wildman–Crippen MR) is 79.9 cm³/mol. The number of halogens is 1. The maximum Gasteiger partial charge on any atom is 0.146 e. The van der Waals surface area contributed by atoms with Crippen LogP contribution in [0.15, 0.2) is 42.5 Å². The molecule has 3 heteroatoms. The number of rotatable bonds is 4. The summed E-state index contributed by atoms with van der Waals surface area (Å²) in [6.45, 7) is 4.07. The zero-order valence-electron chi connectivity index (χ0n) is 11.2. The fourth-order valence-electron chi connectivity index (χ4n) is 1.83. The van der Waals surface area contributed by atoms with E-state index in [1.807, 2.05) is 49.4 Å². The minimum absolute atomic E-state index is 0.0806. The summed E-state index contributed by atoms with van der Waals surface area (Å²) in [5.41, 5.74) is 8.20. The smallest absolute Gasteiger partial charge is 0.146 e. The highest BCUT2D eigenvalue weighted by atomic mass is 35.5. The van der Waals surface area contributed by atoms with E-state index in [9.17, 15) is 0 Å². The van der Waals surface area contributed by atoms with Gasteiger partial charge >= 0.3 is 0 Å². The molecule has 2 aromatic rings. The summed E-state index contributed by atoms with van der Waals surface area (Å²) in [4.78, 5) is 0. The van der Waals surface area contributed by atoms with E-state index in [4.69, 9.17) is 22.1 Å². The minimum Gasteiger partial charge on any atom is -0.456 e. The average Bonchev–Trinajstić information content (AvgIpc) is 2.42. The molecular weight excluding hydrogens is 258 g/mol. The molecule has 0 saturated heterocycles. The van der Waals surface area contributed by atoms with Crippen LogP contribution in [0.4, 0.5) is 0 Å². The molecular formula is C16H18ClNO. The lowest BCUT2D eigenvalue weighted by atomic mass is 10.1. The molecule has 0 aliphatic heterocycles. The highest BCUT2D eigenvalue weighted by molar-refractivity contribution is 6.32. The van der Waals surface area contributed by atoms with Crippen LogP contribution in [-0.2, 0) is 0 Å². The van der Waals surface area contributed by atoms with Crippen LogP contribution < -0.4 is 10.5 Å². The van der Waals surface area contributed by atoms with Gasteiger partial charge in [-0.25, -0.2) is 0 Å². The standard InChI is InChI=1S/C16H18ClNO/c1-3-15(18)12-5-7-13(8-6-12)19-16-9-4-11(2)10-14(16)17/h4-10,15H,3,18H2,1-2H3/t15-/m1/s1. The van der Waals surface area contributed by atoms with Gasteiger partial charge in [0, 0.05) is 6.04 Å². The second kappa shape index (κ2) is 6.09. The van der Waals surface area contributed by atoms with Crippen molar-refractivity contribution in [2.75, 3.05) is 0 Å². The zero-order valence-corrected chi connectivity index (χ0v) is 11.9. The van der Waals surface area contributed by atoms with Crippen LogP contribution in [0.25, 0.3) is 0 Å². The molecule has 1 atom stereocenters. The topological polar surface area (TPSA) is 35.2 Å². The fraction of sp³-hybridized carbons (Fsp3) is 0.250. The lowest BCUT2D eigenvalue weighted by Crippen LogP contribution is -2.07. The van der Waals surface area contributed by atoms with Gasteiger partial charge in [-0.15, -0.1) is 0 Å². The van der Waals surface area contributed by atoms with Crippen LogP contribution in [0.1, 0.15) is 30.5 Å². The molecule has 2 rings (SSSR count). The Morgan fingerprint density at radius 3 is 2.42 bits per heavy atom. The van der Waals surface area contributed by atoms with E-state index in [1.54, 1.807) is 0 Å². The first-order valence-electron chi connectivity index (χ1n) is 6.39. The molecule has 0 fully saturated rings. The summed E-state index contributed by atoms with van der Waals surface area (Å²) in [6.07, 6.45) is 0.921. The van der Waals surface area contributed by atoms with Gasteiger partial charge in [0.05, 0.1) is 5.02 Å². The maximum atomic E-state index is 6.14. The van der Waals surface area contributed by atoms with Crippen molar-refractivity contribution in [2.24, 2.45) is 5.73 Å². The number of hydrogen-bond donors (Lipinski definition) is 1. The van der Waals surface area contributed by atoms with Gasteiger partial charge in [-0.05, 0) is 48.7 Å². The van der Waals surface area contributed by atoms with E-state index in [-0.39, 0.29) is 6.04 Å². The molecule has 0 unspecified atom stereocenters. The summed E-state index contributed by atoms with van der Waals surface area (Å²) >= 11 is 6.14. The lowest BCUT2D eigenvalue weighted by molar-refractivity contribution is 0.482. The van der Waals surface area contributed by atoms with Crippen molar-refractivity contribution in [3.05, 3.63) is 58.6 Å². The van der Waals surface area contributed by atoms with Gasteiger partial charge in [0.15, 0.2) is 0 Å². The molecule has 2 nitrogen and oxygen atoms in total. The number of ether oxygens (including phenoxy) is 1. The van der Waals surface area contributed by atoms with E-state index >= 15 is 0 Å². The minimum atomic E-state index is 0.0806. The zero-order chi connectivity index (χ0) is 13.8. The molecule has 0 spiro atoms. The molecule has 2 aromatic carbocycles. The monoisotopic (exact) mass is 275 g/mol.